The van der Waals surface area contributed by atoms with E-state index in [1.807, 2.05) is 0 Å². The highest BCUT2D eigenvalue weighted by molar-refractivity contribution is 5.80. The lowest BCUT2D eigenvalue weighted by atomic mass is 9.81. The van der Waals surface area contributed by atoms with Gasteiger partial charge in [-0.2, -0.15) is 0 Å². The molecule has 0 aliphatic heterocycles. The van der Waals surface area contributed by atoms with E-state index in [2.05, 4.69) is 5.32 Å². The van der Waals surface area contributed by atoms with Crippen LogP contribution in [0, 0.1) is 11.8 Å². The number of carboxylic acid groups (broad SMARTS) is 1. The van der Waals surface area contributed by atoms with Crippen molar-refractivity contribution in [2.24, 2.45) is 11.8 Å². The maximum Gasteiger partial charge on any atom is 0.306 e. The molecule has 2 fully saturated rings. The first-order chi connectivity index (χ1) is 10.7. The number of carbonyl (C=O) groups excluding carboxylic acids is 1. The summed E-state index contributed by atoms with van der Waals surface area (Å²) in [5.74, 6) is -1.27. The van der Waals surface area contributed by atoms with Gasteiger partial charge in [-0.25, -0.2) is 0 Å². The fraction of sp³-hybridized carbons (Fsp3) is 0.882. The van der Waals surface area contributed by atoms with Gasteiger partial charge in [-0.1, -0.05) is 32.1 Å². The summed E-state index contributed by atoms with van der Waals surface area (Å²) in [7, 11) is 0. The maximum absolute atomic E-state index is 12.1. The Bertz CT molecular complexity index is 364. The van der Waals surface area contributed by atoms with Crippen LogP contribution in [0.15, 0.2) is 0 Å². The number of carbonyl (C=O) groups is 2. The van der Waals surface area contributed by atoms with Crippen LogP contribution in [0.4, 0.5) is 0 Å². The number of aliphatic carboxylic acids is 1. The Hall–Kier alpha value is -1.10. The molecular weight excluding hydrogens is 282 g/mol. The summed E-state index contributed by atoms with van der Waals surface area (Å²) >= 11 is 0. The van der Waals surface area contributed by atoms with Crippen molar-refractivity contribution < 1.29 is 19.4 Å². The quantitative estimate of drug-likeness (QED) is 0.584. The molecule has 2 aliphatic carbocycles. The van der Waals surface area contributed by atoms with Gasteiger partial charge in [0.15, 0.2) is 0 Å². The van der Waals surface area contributed by atoms with Gasteiger partial charge >= 0.3 is 5.97 Å². The molecule has 0 bridgehead atoms. The highest BCUT2D eigenvalue weighted by Gasteiger charge is 2.30. The molecule has 0 aromatic carbocycles. The van der Waals surface area contributed by atoms with Gasteiger partial charge in [0.25, 0.3) is 0 Å². The van der Waals surface area contributed by atoms with Crippen LogP contribution in [0.2, 0.25) is 0 Å². The predicted octanol–water partition coefficient (Wildman–Crippen LogP) is 2.73. The van der Waals surface area contributed by atoms with Crippen LogP contribution in [0.3, 0.4) is 0 Å². The predicted molar refractivity (Wildman–Crippen MR) is 83.5 cm³/mol. The van der Waals surface area contributed by atoms with Gasteiger partial charge in [-0.3, -0.25) is 9.59 Å². The number of ether oxygens (including phenoxy) is 1. The SMILES string of the molecule is O=C(O)C1CCCC(C(=O)NCCOC2CCCCCC2)C1. The second-order valence-corrected chi connectivity index (χ2v) is 6.67. The molecule has 2 aliphatic rings. The lowest BCUT2D eigenvalue weighted by Gasteiger charge is -2.25. The highest BCUT2D eigenvalue weighted by atomic mass is 16.5. The maximum atomic E-state index is 12.1. The van der Waals surface area contributed by atoms with Gasteiger partial charge in [0.2, 0.25) is 5.91 Å². The zero-order chi connectivity index (χ0) is 15.8. The zero-order valence-corrected chi connectivity index (χ0v) is 13.4. The van der Waals surface area contributed by atoms with Crippen LogP contribution in [0.1, 0.15) is 64.2 Å². The number of nitrogens with one attached hydrogen (secondary N) is 1. The number of hydrogen-bond acceptors (Lipinski definition) is 3. The molecule has 0 saturated heterocycles. The van der Waals surface area contributed by atoms with Crippen molar-refractivity contribution in [1.82, 2.24) is 5.32 Å². The summed E-state index contributed by atoms with van der Waals surface area (Å²) in [4.78, 5) is 23.1. The van der Waals surface area contributed by atoms with Crippen LogP contribution in [0.5, 0.6) is 0 Å². The third-order valence-electron chi connectivity index (χ3n) is 4.95. The molecule has 2 rings (SSSR count). The topological polar surface area (TPSA) is 75.6 Å². The average Bonchev–Trinajstić information content (AvgIpc) is 2.80. The van der Waals surface area contributed by atoms with Crippen molar-refractivity contribution >= 4 is 11.9 Å². The minimum absolute atomic E-state index is 0.00424. The van der Waals surface area contributed by atoms with E-state index < -0.39 is 5.97 Å². The first-order valence-corrected chi connectivity index (χ1v) is 8.79. The molecule has 2 unspecified atom stereocenters. The van der Waals surface area contributed by atoms with E-state index >= 15 is 0 Å². The van der Waals surface area contributed by atoms with Crippen LogP contribution in [-0.4, -0.2) is 36.2 Å². The molecule has 5 heteroatoms. The van der Waals surface area contributed by atoms with Gasteiger partial charge in [-0.05, 0) is 32.1 Å². The minimum Gasteiger partial charge on any atom is -0.481 e. The molecule has 2 N–H and O–H groups in total. The molecule has 2 atom stereocenters. The fourth-order valence-electron chi connectivity index (χ4n) is 3.60. The number of rotatable bonds is 6. The first-order valence-electron chi connectivity index (χ1n) is 8.79. The Labute approximate surface area is 132 Å². The molecule has 126 valence electrons. The van der Waals surface area contributed by atoms with Crippen LogP contribution < -0.4 is 5.32 Å². The average molecular weight is 311 g/mol. The summed E-state index contributed by atoms with van der Waals surface area (Å²) in [6, 6.07) is 0. The van der Waals surface area contributed by atoms with E-state index in [4.69, 9.17) is 9.84 Å². The number of carboxylic acids is 1. The second kappa shape index (κ2) is 9.13. The third kappa shape index (κ3) is 5.59. The van der Waals surface area contributed by atoms with E-state index in [0.717, 1.165) is 25.7 Å². The lowest BCUT2D eigenvalue weighted by molar-refractivity contribution is -0.144. The Morgan fingerprint density at radius 3 is 2.32 bits per heavy atom. The smallest absolute Gasteiger partial charge is 0.306 e. The fourth-order valence-corrected chi connectivity index (χ4v) is 3.60. The standard InChI is InChI=1S/C17H29NO4/c19-16(13-6-5-7-14(12-13)17(20)21)18-10-11-22-15-8-3-1-2-4-9-15/h13-15H,1-12H2,(H,18,19)(H,20,21). The van der Waals surface area contributed by atoms with Crippen LogP contribution in [-0.2, 0) is 14.3 Å². The van der Waals surface area contributed by atoms with Crippen molar-refractivity contribution in [2.75, 3.05) is 13.2 Å². The zero-order valence-electron chi connectivity index (χ0n) is 13.4. The van der Waals surface area contributed by atoms with Crippen LogP contribution >= 0.6 is 0 Å². The highest BCUT2D eigenvalue weighted by Crippen LogP contribution is 2.29. The molecule has 0 radical (unpaired) electrons. The first kappa shape index (κ1) is 17.3. The summed E-state index contributed by atoms with van der Waals surface area (Å²) < 4.78 is 5.85. The Kier molecular flexibility index (Phi) is 7.16. The molecule has 0 spiro atoms. The van der Waals surface area contributed by atoms with Gasteiger partial charge in [0.1, 0.15) is 0 Å². The van der Waals surface area contributed by atoms with Crippen LogP contribution in [0.25, 0.3) is 0 Å². The Balaban J connectivity index is 1.61. The van der Waals surface area contributed by atoms with Gasteiger partial charge in [0, 0.05) is 12.5 Å². The summed E-state index contributed by atoms with van der Waals surface area (Å²) in [6.45, 7) is 1.09. The van der Waals surface area contributed by atoms with E-state index in [1.54, 1.807) is 0 Å². The molecule has 5 nitrogen and oxygen atoms in total. The lowest BCUT2D eigenvalue weighted by Crippen LogP contribution is -2.37. The molecule has 0 aromatic heterocycles. The molecule has 0 heterocycles. The molecule has 0 aromatic rings. The van der Waals surface area contributed by atoms with Crippen molar-refractivity contribution in [3.8, 4) is 0 Å². The Morgan fingerprint density at radius 1 is 0.955 bits per heavy atom. The second-order valence-electron chi connectivity index (χ2n) is 6.67. The van der Waals surface area contributed by atoms with Crippen molar-refractivity contribution in [3.05, 3.63) is 0 Å². The van der Waals surface area contributed by atoms with E-state index in [0.29, 0.717) is 32.1 Å². The minimum atomic E-state index is -0.769. The summed E-state index contributed by atoms with van der Waals surface area (Å²) in [5, 5.41) is 12.0. The Morgan fingerprint density at radius 2 is 1.64 bits per heavy atom. The molecule has 1 amide bonds. The van der Waals surface area contributed by atoms with Gasteiger partial charge in [-0.15, -0.1) is 0 Å². The third-order valence-corrected chi connectivity index (χ3v) is 4.95. The van der Waals surface area contributed by atoms with Gasteiger partial charge in [0.05, 0.1) is 18.6 Å². The van der Waals surface area contributed by atoms with E-state index in [-0.39, 0.29) is 17.7 Å². The normalized spacial score (nSPS) is 27.1. The number of hydrogen-bond donors (Lipinski definition) is 2. The monoisotopic (exact) mass is 311 g/mol. The van der Waals surface area contributed by atoms with Crippen molar-refractivity contribution in [1.29, 1.82) is 0 Å². The van der Waals surface area contributed by atoms with Crippen molar-refractivity contribution in [2.45, 2.75) is 70.3 Å². The molecule has 22 heavy (non-hydrogen) atoms. The largest absolute Gasteiger partial charge is 0.481 e. The van der Waals surface area contributed by atoms with E-state index in [1.165, 1.54) is 25.7 Å². The van der Waals surface area contributed by atoms with Crippen molar-refractivity contribution in [3.63, 3.8) is 0 Å². The molecule has 2 saturated carbocycles. The summed E-state index contributed by atoms with van der Waals surface area (Å²) in [5.41, 5.74) is 0. The summed E-state index contributed by atoms with van der Waals surface area (Å²) in [6.07, 6.45) is 10.5. The number of amides is 1. The van der Waals surface area contributed by atoms with Gasteiger partial charge < -0.3 is 15.2 Å². The van der Waals surface area contributed by atoms with E-state index in [9.17, 15) is 9.59 Å². The molecular formula is C17H29NO4.